The molecule has 1 saturated heterocycles. The number of thiophene rings is 1. The Kier molecular flexibility index (Phi) is 3.41. The number of hydrogen-bond acceptors (Lipinski definition) is 5. The monoisotopic (exact) mass is 309 g/mol. The van der Waals surface area contributed by atoms with Gasteiger partial charge in [-0.05, 0) is 32.1 Å². The van der Waals surface area contributed by atoms with Gasteiger partial charge < -0.3 is 20.6 Å². The van der Waals surface area contributed by atoms with E-state index in [1.165, 1.54) is 11.3 Å². The number of aliphatic hydroxyl groups is 1. The van der Waals surface area contributed by atoms with Gasteiger partial charge in [0.2, 0.25) is 0 Å². The van der Waals surface area contributed by atoms with E-state index < -0.39 is 5.60 Å². The molecule has 3 rings (SSSR count). The van der Waals surface area contributed by atoms with Crippen molar-refractivity contribution in [3.05, 3.63) is 10.4 Å². The molecule has 1 amide bonds. The predicted octanol–water partition coefficient (Wildman–Crippen LogP) is 1.87. The Bertz CT molecular complexity index is 576. The predicted molar refractivity (Wildman–Crippen MR) is 86.2 cm³/mol. The first-order chi connectivity index (χ1) is 9.80. The number of nitrogens with two attached hydrogens (primary N) is 1. The summed E-state index contributed by atoms with van der Waals surface area (Å²) in [6.45, 7) is 3.30. The molecule has 0 spiro atoms. The van der Waals surface area contributed by atoms with Gasteiger partial charge in [-0.3, -0.25) is 4.79 Å². The zero-order valence-corrected chi connectivity index (χ0v) is 13.7. The minimum absolute atomic E-state index is 0.0309. The number of hydrogen-bond donors (Lipinski definition) is 2. The lowest BCUT2D eigenvalue weighted by Gasteiger charge is -2.20. The van der Waals surface area contributed by atoms with E-state index in [2.05, 4.69) is 4.90 Å². The third kappa shape index (κ3) is 2.62. The minimum atomic E-state index is -0.648. The summed E-state index contributed by atoms with van der Waals surface area (Å²) in [4.78, 5) is 16.7. The second kappa shape index (κ2) is 4.88. The second-order valence-corrected chi connectivity index (χ2v) is 7.71. The Morgan fingerprint density at radius 1 is 1.48 bits per heavy atom. The molecule has 0 bridgehead atoms. The van der Waals surface area contributed by atoms with E-state index in [-0.39, 0.29) is 5.91 Å². The molecule has 2 aliphatic rings. The van der Waals surface area contributed by atoms with Crippen LogP contribution in [0.3, 0.4) is 0 Å². The lowest BCUT2D eigenvalue weighted by atomic mass is 10.1. The zero-order valence-electron chi connectivity index (χ0n) is 12.8. The lowest BCUT2D eigenvalue weighted by Crippen LogP contribution is -2.29. The van der Waals surface area contributed by atoms with E-state index in [1.54, 1.807) is 19.0 Å². The highest BCUT2D eigenvalue weighted by Crippen LogP contribution is 2.52. The van der Waals surface area contributed by atoms with Gasteiger partial charge in [0.05, 0.1) is 16.3 Å². The van der Waals surface area contributed by atoms with E-state index in [9.17, 15) is 9.90 Å². The van der Waals surface area contributed by atoms with Crippen molar-refractivity contribution >= 4 is 27.9 Å². The largest absolute Gasteiger partial charge is 0.397 e. The molecule has 1 aliphatic carbocycles. The van der Waals surface area contributed by atoms with Gasteiger partial charge in [0.1, 0.15) is 4.88 Å². The van der Waals surface area contributed by atoms with Crippen LogP contribution in [0.2, 0.25) is 0 Å². The van der Waals surface area contributed by atoms with Gasteiger partial charge in [0.15, 0.2) is 0 Å². The van der Waals surface area contributed by atoms with Crippen LogP contribution in [-0.2, 0) is 0 Å². The number of carbonyl (C=O) groups is 1. The smallest absolute Gasteiger partial charge is 0.265 e. The number of amides is 1. The van der Waals surface area contributed by atoms with Gasteiger partial charge in [-0.2, -0.15) is 0 Å². The van der Waals surface area contributed by atoms with Crippen molar-refractivity contribution in [3.8, 4) is 0 Å². The summed E-state index contributed by atoms with van der Waals surface area (Å²) in [5.41, 5.74) is 7.44. The fraction of sp³-hybridized carbons (Fsp3) is 0.667. The molecular weight excluding hydrogens is 286 g/mol. The molecule has 21 heavy (non-hydrogen) atoms. The average molecular weight is 309 g/mol. The molecule has 1 aromatic rings. The maximum atomic E-state index is 12.3. The van der Waals surface area contributed by atoms with Crippen molar-refractivity contribution < 1.29 is 9.90 Å². The highest BCUT2D eigenvalue weighted by atomic mass is 32.1. The van der Waals surface area contributed by atoms with Crippen LogP contribution < -0.4 is 10.6 Å². The summed E-state index contributed by atoms with van der Waals surface area (Å²) in [5.74, 6) is 0.460. The maximum Gasteiger partial charge on any atom is 0.265 e. The third-order valence-electron chi connectivity index (χ3n) is 4.29. The van der Waals surface area contributed by atoms with Crippen molar-refractivity contribution in [3.63, 3.8) is 0 Å². The SMILES string of the molecule is CN(C)C(=O)c1sc(N2CCC(C)(O)C2)c(C2CC2)c1N. The van der Waals surface area contributed by atoms with Crippen molar-refractivity contribution in [2.45, 2.75) is 37.7 Å². The highest BCUT2D eigenvalue weighted by Gasteiger charge is 2.39. The van der Waals surface area contributed by atoms with Gasteiger partial charge in [-0.25, -0.2) is 0 Å². The molecule has 2 heterocycles. The van der Waals surface area contributed by atoms with Crippen LogP contribution in [0, 0.1) is 0 Å². The van der Waals surface area contributed by atoms with Gasteiger partial charge in [-0.15, -0.1) is 11.3 Å². The molecule has 0 aromatic carbocycles. The number of nitrogens with zero attached hydrogens (tertiary/aromatic N) is 2. The molecule has 1 aliphatic heterocycles. The van der Waals surface area contributed by atoms with Crippen molar-refractivity contribution in [2.75, 3.05) is 37.8 Å². The fourth-order valence-corrected chi connectivity index (χ4v) is 4.28. The first-order valence-corrected chi connectivity index (χ1v) is 8.23. The summed E-state index contributed by atoms with van der Waals surface area (Å²) in [6, 6.07) is 0. The molecule has 1 unspecified atom stereocenters. The van der Waals surface area contributed by atoms with Crippen LogP contribution in [-0.4, -0.2) is 48.7 Å². The van der Waals surface area contributed by atoms with E-state index in [1.807, 2.05) is 6.92 Å². The molecule has 116 valence electrons. The Labute approximate surface area is 129 Å². The third-order valence-corrected chi connectivity index (χ3v) is 5.56. The average Bonchev–Trinajstić information content (AvgIpc) is 3.08. The normalized spacial score (nSPS) is 25.4. The van der Waals surface area contributed by atoms with Crippen LogP contribution in [0.5, 0.6) is 0 Å². The summed E-state index contributed by atoms with van der Waals surface area (Å²) in [6.07, 6.45) is 3.05. The molecular formula is C15H23N3O2S. The highest BCUT2D eigenvalue weighted by molar-refractivity contribution is 7.18. The van der Waals surface area contributed by atoms with Crippen LogP contribution in [0.1, 0.15) is 47.3 Å². The van der Waals surface area contributed by atoms with Crippen LogP contribution in [0.25, 0.3) is 0 Å². The van der Waals surface area contributed by atoms with Crippen molar-refractivity contribution in [1.29, 1.82) is 0 Å². The lowest BCUT2D eigenvalue weighted by molar-refractivity contribution is 0.0829. The molecule has 0 radical (unpaired) electrons. The Morgan fingerprint density at radius 2 is 2.14 bits per heavy atom. The summed E-state index contributed by atoms with van der Waals surface area (Å²) >= 11 is 1.49. The minimum Gasteiger partial charge on any atom is -0.397 e. The first-order valence-electron chi connectivity index (χ1n) is 7.41. The fourth-order valence-electron chi connectivity index (χ4n) is 2.93. The van der Waals surface area contributed by atoms with Gasteiger partial charge in [-0.1, -0.05) is 0 Å². The standard InChI is InChI=1S/C15H23N3O2S/c1-15(20)6-7-18(8-15)14-10(9-4-5-9)11(16)12(21-14)13(19)17(2)3/h9,20H,4-8,16H2,1-3H3. The first kappa shape index (κ1) is 14.7. The number of carbonyl (C=O) groups excluding carboxylic acids is 1. The molecule has 5 nitrogen and oxygen atoms in total. The zero-order chi connectivity index (χ0) is 15.4. The number of β-amino-alcohol motifs (C(OH)–C–C–N with tert-alkyl or cyclic N) is 1. The molecule has 3 N–H and O–H groups in total. The van der Waals surface area contributed by atoms with Gasteiger partial charge >= 0.3 is 0 Å². The molecule has 6 heteroatoms. The molecule has 1 saturated carbocycles. The Balaban J connectivity index is 2.00. The van der Waals surface area contributed by atoms with Crippen LogP contribution >= 0.6 is 11.3 Å². The summed E-state index contributed by atoms with van der Waals surface area (Å²) in [7, 11) is 3.50. The van der Waals surface area contributed by atoms with Crippen molar-refractivity contribution in [2.24, 2.45) is 0 Å². The Hall–Kier alpha value is -1.27. The Morgan fingerprint density at radius 3 is 2.62 bits per heavy atom. The number of rotatable bonds is 3. The van der Waals surface area contributed by atoms with E-state index in [4.69, 9.17) is 5.73 Å². The van der Waals surface area contributed by atoms with Gasteiger partial charge in [0.25, 0.3) is 5.91 Å². The summed E-state index contributed by atoms with van der Waals surface area (Å²) < 4.78 is 0. The van der Waals surface area contributed by atoms with E-state index in [0.717, 1.165) is 36.4 Å². The molecule has 1 aromatic heterocycles. The van der Waals surface area contributed by atoms with Gasteiger partial charge in [0, 0.05) is 32.7 Å². The number of anilines is 2. The van der Waals surface area contributed by atoms with E-state index >= 15 is 0 Å². The topological polar surface area (TPSA) is 69.8 Å². The van der Waals surface area contributed by atoms with E-state index in [0.29, 0.717) is 23.0 Å². The number of nitrogen functional groups attached to an aromatic ring is 1. The van der Waals surface area contributed by atoms with Crippen LogP contribution in [0.15, 0.2) is 0 Å². The van der Waals surface area contributed by atoms with Crippen molar-refractivity contribution in [1.82, 2.24) is 4.90 Å². The second-order valence-electron chi connectivity index (χ2n) is 6.71. The molecule has 1 atom stereocenters. The quantitative estimate of drug-likeness (QED) is 0.894. The molecule has 2 fully saturated rings. The maximum absolute atomic E-state index is 12.3. The van der Waals surface area contributed by atoms with Crippen LogP contribution in [0.4, 0.5) is 10.7 Å². The summed E-state index contributed by atoms with van der Waals surface area (Å²) in [5, 5.41) is 11.3.